The first-order valence-corrected chi connectivity index (χ1v) is 14.5. The fourth-order valence-electron chi connectivity index (χ4n) is 7.42. The maximum atomic E-state index is 13.0. The van der Waals surface area contributed by atoms with Crippen LogP contribution in [0.15, 0.2) is 23.1 Å². The van der Waals surface area contributed by atoms with E-state index in [1.807, 2.05) is 19.9 Å². The molecule has 4 bridgehead atoms. The third-order valence-corrected chi connectivity index (χ3v) is 10.5. The summed E-state index contributed by atoms with van der Waals surface area (Å²) in [4.78, 5) is 18.1. The number of hydrogen-bond acceptors (Lipinski definition) is 4. The molecular formula is C26H38N4O3S. The average Bonchev–Trinajstić information content (AvgIpc) is 3.13. The lowest BCUT2D eigenvalue weighted by molar-refractivity contribution is -0.126. The second kappa shape index (κ2) is 8.94. The summed E-state index contributed by atoms with van der Waals surface area (Å²) in [6.45, 7) is 7.34. The van der Waals surface area contributed by atoms with Crippen LogP contribution in [0.5, 0.6) is 0 Å². The largest absolute Gasteiger partial charge is 0.351 e. The van der Waals surface area contributed by atoms with Crippen molar-refractivity contribution in [2.45, 2.75) is 89.1 Å². The number of carbonyl (C=O) groups excluding carboxylic acids is 1. The fraction of sp³-hybridized carbons (Fsp3) is 0.692. The van der Waals surface area contributed by atoms with Crippen LogP contribution in [0.25, 0.3) is 11.0 Å². The Morgan fingerprint density at radius 3 is 2.26 bits per heavy atom. The van der Waals surface area contributed by atoms with Gasteiger partial charge in [0.25, 0.3) is 0 Å². The molecule has 2 aromatic rings. The van der Waals surface area contributed by atoms with Crippen LogP contribution >= 0.6 is 0 Å². The van der Waals surface area contributed by atoms with Gasteiger partial charge in [0.2, 0.25) is 15.9 Å². The molecule has 34 heavy (non-hydrogen) atoms. The number of amides is 1. The summed E-state index contributed by atoms with van der Waals surface area (Å²) in [6, 6.07) is 5.20. The standard InChI is InChI=1S/C26H38N4O3S/c1-4-29(5-2)34(32,33)21-7-8-23-22(14-21)27-24(30(23)6-3)9-10-25(31)28-26-15-18-11-19(16-26)13-20(12-18)17-26/h7-8,14,18-20H,4-6,9-13,15-17H2,1-3H3,(H,28,31). The van der Waals surface area contributed by atoms with Gasteiger partial charge in [0.15, 0.2) is 0 Å². The zero-order valence-corrected chi connectivity index (χ0v) is 21.5. The minimum absolute atomic E-state index is 0.0322. The molecule has 8 heteroatoms. The summed E-state index contributed by atoms with van der Waals surface area (Å²) in [6.07, 6.45) is 8.52. The third-order valence-electron chi connectivity index (χ3n) is 8.48. The van der Waals surface area contributed by atoms with E-state index < -0.39 is 10.0 Å². The van der Waals surface area contributed by atoms with Crippen molar-refractivity contribution in [1.29, 1.82) is 0 Å². The normalized spacial score (nSPS) is 28.2. The van der Waals surface area contributed by atoms with Crippen LogP contribution in [-0.4, -0.2) is 46.8 Å². The van der Waals surface area contributed by atoms with Gasteiger partial charge >= 0.3 is 0 Å². The van der Waals surface area contributed by atoms with Gasteiger partial charge in [-0.25, -0.2) is 13.4 Å². The summed E-state index contributed by atoms with van der Waals surface area (Å²) in [7, 11) is -3.53. The molecule has 0 atom stereocenters. The van der Waals surface area contributed by atoms with Gasteiger partial charge in [-0.2, -0.15) is 4.31 Å². The van der Waals surface area contributed by atoms with Gasteiger partial charge in [-0.15, -0.1) is 0 Å². The van der Waals surface area contributed by atoms with E-state index in [0.717, 1.165) is 54.9 Å². The summed E-state index contributed by atoms with van der Waals surface area (Å²) >= 11 is 0. The Bertz CT molecular complexity index is 1150. The summed E-state index contributed by atoms with van der Waals surface area (Å²) in [5.41, 5.74) is 1.62. The Balaban J connectivity index is 1.31. The highest BCUT2D eigenvalue weighted by Crippen LogP contribution is 2.55. The van der Waals surface area contributed by atoms with Crippen molar-refractivity contribution in [2.75, 3.05) is 13.1 Å². The lowest BCUT2D eigenvalue weighted by Crippen LogP contribution is -2.59. The summed E-state index contributed by atoms with van der Waals surface area (Å²) in [5.74, 6) is 3.38. The number of nitrogens with zero attached hydrogens (tertiary/aromatic N) is 3. The van der Waals surface area contributed by atoms with E-state index in [4.69, 9.17) is 4.98 Å². The summed E-state index contributed by atoms with van der Waals surface area (Å²) < 4.78 is 29.5. The number of benzene rings is 1. The highest BCUT2D eigenvalue weighted by atomic mass is 32.2. The van der Waals surface area contributed by atoms with Gasteiger partial charge in [-0.1, -0.05) is 13.8 Å². The fourth-order valence-corrected chi connectivity index (χ4v) is 8.90. The number of fused-ring (bicyclic) bond motifs is 1. The van der Waals surface area contributed by atoms with E-state index >= 15 is 0 Å². The van der Waals surface area contributed by atoms with Crippen molar-refractivity contribution in [2.24, 2.45) is 17.8 Å². The van der Waals surface area contributed by atoms with Crippen LogP contribution in [0.2, 0.25) is 0 Å². The molecule has 4 fully saturated rings. The highest BCUT2D eigenvalue weighted by molar-refractivity contribution is 7.89. The Morgan fingerprint density at radius 2 is 1.71 bits per heavy atom. The molecule has 4 saturated carbocycles. The number of nitrogens with one attached hydrogen (secondary N) is 1. The molecule has 0 aliphatic heterocycles. The lowest BCUT2D eigenvalue weighted by Gasteiger charge is -2.56. The topological polar surface area (TPSA) is 84.3 Å². The first kappa shape index (κ1) is 23.8. The average molecular weight is 487 g/mol. The van der Waals surface area contributed by atoms with Gasteiger partial charge in [0.05, 0.1) is 15.9 Å². The minimum Gasteiger partial charge on any atom is -0.351 e. The minimum atomic E-state index is -3.53. The highest BCUT2D eigenvalue weighted by Gasteiger charge is 2.51. The zero-order chi connectivity index (χ0) is 24.1. The number of sulfonamides is 1. The number of carbonyl (C=O) groups is 1. The van der Waals surface area contributed by atoms with E-state index in [2.05, 4.69) is 16.8 Å². The van der Waals surface area contributed by atoms with E-state index in [0.29, 0.717) is 31.4 Å². The lowest BCUT2D eigenvalue weighted by atomic mass is 9.53. The van der Waals surface area contributed by atoms with Crippen molar-refractivity contribution in [1.82, 2.24) is 19.2 Å². The molecule has 4 aliphatic carbocycles. The first-order valence-electron chi connectivity index (χ1n) is 13.1. The maximum Gasteiger partial charge on any atom is 0.243 e. The molecule has 6 rings (SSSR count). The van der Waals surface area contributed by atoms with E-state index in [1.165, 1.54) is 23.6 Å². The molecule has 0 radical (unpaired) electrons. The van der Waals surface area contributed by atoms with Crippen LogP contribution in [0, 0.1) is 17.8 Å². The van der Waals surface area contributed by atoms with Crippen LogP contribution < -0.4 is 5.32 Å². The molecule has 0 unspecified atom stereocenters. The van der Waals surface area contributed by atoms with E-state index in [9.17, 15) is 13.2 Å². The second-order valence-electron chi connectivity index (χ2n) is 10.8. The molecule has 7 nitrogen and oxygen atoms in total. The first-order chi connectivity index (χ1) is 16.3. The van der Waals surface area contributed by atoms with Crippen molar-refractivity contribution < 1.29 is 13.2 Å². The molecule has 1 aromatic heterocycles. The molecular weight excluding hydrogens is 448 g/mol. The molecule has 1 amide bonds. The molecule has 0 saturated heterocycles. The van der Waals surface area contributed by atoms with Gasteiger partial charge in [0, 0.05) is 38.0 Å². The van der Waals surface area contributed by atoms with Crippen LogP contribution in [-0.2, 0) is 27.8 Å². The molecule has 186 valence electrons. The van der Waals surface area contributed by atoms with Crippen molar-refractivity contribution in [3.63, 3.8) is 0 Å². The van der Waals surface area contributed by atoms with Crippen LogP contribution in [0.4, 0.5) is 0 Å². The Morgan fingerprint density at radius 1 is 1.09 bits per heavy atom. The van der Waals surface area contributed by atoms with Crippen molar-refractivity contribution in [3.8, 4) is 0 Å². The van der Waals surface area contributed by atoms with E-state index in [-0.39, 0.29) is 16.3 Å². The van der Waals surface area contributed by atoms with Gasteiger partial charge in [-0.3, -0.25) is 4.79 Å². The molecule has 1 N–H and O–H groups in total. The summed E-state index contributed by atoms with van der Waals surface area (Å²) in [5, 5.41) is 3.46. The van der Waals surface area contributed by atoms with Crippen molar-refractivity contribution in [3.05, 3.63) is 24.0 Å². The smallest absolute Gasteiger partial charge is 0.243 e. The van der Waals surface area contributed by atoms with Gasteiger partial charge in [0.1, 0.15) is 5.82 Å². The van der Waals surface area contributed by atoms with Gasteiger partial charge in [-0.05, 0) is 81.4 Å². The van der Waals surface area contributed by atoms with Crippen LogP contribution in [0.3, 0.4) is 0 Å². The quantitative estimate of drug-likeness (QED) is 0.578. The number of hydrogen-bond donors (Lipinski definition) is 1. The molecule has 0 spiro atoms. The SMILES string of the molecule is CCN(CC)S(=O)(=O)c1ccc2c(c1)nc(CCC(=O)NC13CC4CC(CC(C4)C1)C3)n2CC. The van der Waals surface area contributed by atoms with E-state index in [1.54, 1.807) is 12.1 Å². The van der Waals surface area contributed by atoms with Gasteiger partial charge < -0.3 is 9.88 Å². The third kappa shape index (κ3) is 4.17. The number of aromatic nitrogens is 2. The molecule has 4 aliphatic rings. The van der Waals surface area contributed by atoms with Crippen LogP contribution in [0.1, 0.15) is 71.5 Å². The Kier molecular flexibility index (Phi) is 6.25. The molecule has 1 aromatic carbocycles. The predicted molar refractivity (Wildman–Crippen MR) is 133 cm³/mol. The maximum absolute atomic E-state index is 13.0. The molecule has 1 heterocycles. The Hall–Kier alpha value is -1.93. The Labute approximate surface area is 203 Å². The number of imidazole rings is 1. The number of rotatable bonds is 9. The predicted octanol–water partition coefficient (Wildman–Crippen LogP) is 4.10. The second-order valence-corrected chi connectivity index (χ2v) is 12.7. The monoisotopic (exact) mass is 486 g/mol. The number of aryl methyl sites for hydroxylation is 2. The van der Waals surface area contributed by atoms with Crippen molar-refractivity contribution >= 4 is 27.0 Å². The zero-order valence-electron chi connectivity index (χ0n) is 20.7.